The molecule has 0 aliphatic heterocycles. The molecule has 2 rings (SSSR count). The largest absolute Gasteiger partial charge is 0.480 e. The highest BCUT2D eigenvalue weighted by Gasteiger charge is 2.23. The lowest BCUT2D eigenvalue weighted by molar-refractivity contribution is -0.138. The minimum absolute atomic E-state index is 0.143. The third-order valence-electron chi connectivity index (χ3n) is 3.76. The van der Waals surface area contributed by atoms with E-state index in [0.717, 1.165) is 5.56 Å². The molecule has 0 aliphatic carbocycles. The number of carboxylic acid groups (broad SMARTS) is 1. The van der Waals surface area contributed by atoms with Crippen LogP contribution in [-0.2, 0) is 11.3 Å². The molecule has 1 amide bonds. The lowest BCUT2D eigenvalue weighted by Gasteiger charge is -2.26. The molecule has 0 saturated heterocycles. The number of rotatable bonds is 7. The number of aromatic nitrogens is 2. The maximum absolute atomic E-state index is 12.6. The summed E-state index contributed by atoms with van der Waals surface area (Å²) in [5.41, 5.74) is 1.49. The zero-order valence-corrected chi connectivity index (χ0v) is 13.3. The van der Waals surface area contributed by atoms with Crippen LogP contribution in [0, 0.1) is 0 Å². The van der Waals surface area contributed by atoms with E-state index in [9.17, 15) is 9.59 Å². The fourth-order valence-corrected chi connectivity index (χ4v) is 2.29. The quantitative estimate of drug-likeness (QED) is 0.850. The van der Waals surface area contributed by atoms with Gasteiger partial charge >= 0.3 is 5.97 Å². The van der Waals surface area contributed by atoms with Gasteiger partial charge < -0.3 is 10.0 Å². The Morgan fingerprint density at radius 1 is 1.30 bits per heavy atom. The number of aliphatic carboxylic acids is 1. The van der Waals surface area contributed by atoms with Gasteiger partial charge in [-0.2, -0.15) is 5.10 Å². The number of carbonyl (C=O) groups is 2. The van der Waals surface area contributed by atoms with Crippen molar-refractivity contribution in [2.45, 2.75) is 32.9 Å². The van der Waals surface area contributed by atoms with Crippen molar-refractivity contribution in [2.75, 3.05) is 6.54 Å². The molecule has 23 heavy (non-hydrogen) atoms. The highest BCUT2D eigenvalue weighted by molar-refractivity contribution is 5.95. The van der Waals surface area contributed by atoms with E-state index in [2.05, 4.69) is 5.10 Å². The Kier molecular flexibility index (Phi) is 5.51. The summed E-state index contributed by atoms with van der Waals surface area (Å²) in [5.74, 6) is -1.32. The lowest BCUT2D eigenvalue weighted by Crippen LogP contribution is -2.41. The van der Waals surface area contributed by atoms with E-state index >= 15 is 0 Å². The summed E-state index contributed by atoms with van der Waals surface area (Å²) in [6.07, 6.45) is 3.84. The number of benzene rings is 1. The molecule has 6 nitrogen and oxygen atoms in total. The van der Waals surface area contributed by atoms with E-state index < -0.39 is 5.97 Å². The summed E-state index contributed by atoms with van der Waals surface area (Å²) < 4.78 is 1.68. The number of carboxylic acids is 1. The van der Waals surface area contributed by atoms with Crippen LogP contribution in [0.3, 0.4) is 0 Å². The second-order valence-corrected chi connectivity index (χ2v) is 5.50. The minimum Gasteiger partial charge on any atom is -0.480 e. The first kappa shape index (κ1) is 16.7. The van der Waals surface area contributed by atoms with Gasteiger partial charge in [0.15, 0.2) is 0 Å². The molecule has 1 unspecified atom stereocenters. The summed E-state index contributed by atoms with van der Waals surface area (Å²) >= 11 is 0. The Morgan fingerprint density at radius 2 is 2.00 bits per heavy atom. The predicted molar refractivity (Wildman–Crippen MR) is 86.2 cm³/mol. The number of hydrogen-bond donors (Lipinski definition) is 1. The molecule has 0 radical (unpaired) electrons. The molecule has 0 saturated carbocycles. The molecule has 6 heteroatoms. The SMILES string of the molecule is CCC(C)N(CC(=O)O)C(=O)c1cnn(Cc2ccccc2)c1. The first-order valence-electron chi connectivity index (χ1n) is 7.60. The van der Waals surface area contributed by atoms with Gasteiger partial charge in [-0.1, -0.05) is 37.3 Å². The summed E-state index contributed by atoms with van der Waals surface area (Å²) in [5, 5.41) is 13.2. The number of nitrogens with zero attached hydrogens (tertiary/aromatic N) is 3. The summed E-state index contributed by atoms with van der Waals surface area (Å²) in [6.45, 7) is 4.02. The van der Waals surface area contributed by atoms with Crippen LogP contribution < -0.4 is 0 Å². The third kappa shape index (κ3) is 4.42. The van der Waals surface area contributed by atoms with Crippen molar-refractivity contribution in [1.29, 1.82) is 0 Å². The number of carbonyl (C=O) groups excluding carboxylic acids is 1. The molecule has 0 aliphatic rings. The van der Waals surface area contributed by atoms with Crippen molar-refractivity contribution in [3.05, 3.63) is 53.9 Å². The van der Waals surface area contributed by atoms with Gasteiger partial charge in [0, 0.05) is 12.2 Å². The third-order valence-corrected chi connectivity index (χ3v) is 3.76. The summed E-state index contributed by atoms with van der Waals surface area (Å²) in [6, 6.07) is 9.66. The zero-order chi connectivity index (χ0) is 16.8. The second-order valence-electron chi connectivity index (χ2n) is 5.50. The van der Waals surface area contributed by atoms with Crippen LogP contribution in [0.5, 0.6) is 0 Å². The van der Waals surface area contributed by atoms with Gasteiger partial charge in [0.2, 0.25) is 0 Å². The molecule has 0 fully saturated rings. The van der Waals surface area contributed by atoms with Gasteiger partial charge in [-0.05, 0) is 18.9 Å². The Labute approximate surface area is 135 Å². The van der Waals surface area contributed by atoms with Gasteiger partial charge in [-0.15, -0.1) is 0 Å². The normalized spacial score (nSPS) is 11.9. The van der Waals surface area contributed by atoms with Crippen molar-refractivity contribution < 1.29 is 14.7 Å². The molecule has 1 aromatic carbocycles. The molecule has 122 valence electrons. The van der Waals surface area contributed by atoms with E-state index in [4.69, 9.17) is 5.11 Å². The topological polar surface area (TPSA) is 75.4 Å². The van der Waals surface area contributed by atoms with Gasteiger partial charge in [-0.3, -0.25) is 14.3 Å². The van der Waals surface area contributed by atoms with Crippen molar-refractivity contribution in [1.82, 2.24) is 14.7 Å². The van der Waals surface area contributed by atoms with Crippen molar-refractivity contribution in [2.24, 2.45) is 0 Å². The van der Waals surface area contributed by atoms with Crippen LogP contribution in [0.2, 0.25) is 0 Å². The molecule has 1 heterocycles. The summed E-state index contributed by atoms with van der Waals surface area (Å²) in [4.78, 5) is 24.9. The molecule has 0 spiro atoms. The van der Waals surface area contributed by atoms with Crippen molar-refractivity contribution in [3.63, 3.8) is 0 Å². The van der Waals surface area contributed by atoms with E-state index in [0.29, 0.717) is 18.5 Å². The number of hydrogen-bond acceptors (Lipinski definition) is 3. The second kappa shape index (κ2) is 7.58. The fourth-order valence-electron chi connectivity index (χ4n) is 2.29. The van der Waals surface area contributed by atoms with Crippen LogP contribution in [0.4, 0.5) is 0 Å². The minimum atomic E-state index is -1.02. The molecule has 2 aromatic rings. The van der Waals surface area contributed by atoms with Gasteiger partial charge in [0.1, 0.15) is 6.54 Å². The maximum Gasteiger partial charge on any atom is 0.323 e. The standard InChI is InChI=1S/C17H21N3O3/c1-3-13(2)20(12-16(21)22)17(23)15-9-18-19(11-15)10-14-7-5-4-6-8-14/h4-9,11,13H,3,10,12H2,1-2H3,(H,21,22). The van der Waals surface area contributed by atoms with E-state index in [1.165, 1.54) is 11.1 Å². The highest BCUT2D eigenvalue weighted by Crippen LogP contribution is 2.11. The van der Waals surface area contributed by atoms with E-state index in [1.54, 1.807) is 10.9 Å². The van der Waals surface area contributed by atoms with Crippen LogP contribution in [-0.4, -0.2) is 44.3 Å². The molecular formula is C17H21N3O3. The molecule has 0 bridgehead atoms. The van der Waals surface area contributed by atoms with Crippen LogP contribution in [0.25, 0.3) is 0 Å². The molecule has 1 aromatic heterocycles. The Morgan fingerprint density at radius 3 is 2.61 bits per heavy atom. The van der Waals surface area contributed by atoms with Gasteiger partial charge in [0.05, 0.1) is 18.3 Å². The fraction of sp³-hybridized carbons (Fsp3) is 0.353. The smallest absolute Gasteiger partial charge is 0.323 e. The van der Waals surface area contributed by atoms with Crippen LogP contribution in [0.1, 0.15) is 36.2 Å². The Bertz CT molecular complexity index is 667. The van der Waals surface area contributed by atoms with Crippen LogP contribution >= 0.6 is 0 Å². The number of amides is 1. The van der Waals surface area contributed by atoms with E-state index in [1.807, 2.05) is 44.2 Å². The van der Waals surface area contributed by atoms with Crippen molar-refractivity contribution >= 4 is 11.9 Å². The average Bonchev–Trinajstić information content (AvgIpc) is 3.00. The van der Waals surface area contributed by atoms with Gasteiger partial charge in [-0.25, -0.2) is 0 Å². The van der Waals surface area contributed by atoms with E-state index in [-0.39, 0.29) is 18.5 Å². The monoisotopic (exact) mass is 315 g/mol. The highest BCUT2D eigenvalue weighted by atomic mass is 16.4. The Hall–Kier alpha value is -2.63. The first-order chi connectivity index (χ1) is 11.0. The summed E-state index contributed by atoms with van der Waals surface area (Å²) in [7, 11) is 0. The predicted octanol–water partition coefficient (Wildman–Crippen LogP) is 2.26. The van der Waals surface area contributed by atoms with Crippen LogP contribution in [0.15, 0.2) is 42.7 Å². The lowest BCUT2D eigenvalue weighted by atomic mass is 10.2. The molecular weight excluding hydrogens is 294 g/mol. The van der Waals surface area contributed by atoms with Gasteiger partial charge in [0.25, 0.3) is 5.91 Å². The average molecular weight is 315 g/mol. The first-order valence-corrected chi connectivity index (χ1v) is 7.60. The zero-order valence-electron chi connectivity index (χ0n) is 13.3. The molecule has 1 N–H and O–H groups in total. The Balaban J connectivity index is 2.14. The molecule has 1 atom stereocenters. The van der Waals surface area contributed by atoms with Crippen molar-refractivity contribution in [3.8, 4) is 0 Å². The maximum atomic E-state index is 12.6.